The van der Waals surface area contributed by atoms with E-state index in [1.165, 1.54) is 6.42 Å². The molecule has 0 spiro atoms. The number of rotatable bonds is 6. The SMILES string of the molecule is CCOc1ccccc1C(N)COC1CC(C)CC(C)C1. The fourth-order valence-electron chi connectivity index (χ4n) is 3.41. The molecule has 3 heteroatoms. The van der Waals surface area contributed by atoms with Crippen molar-refractivity contribution in [1.29, 1.82) is 0 Å². The highest BCUT2D eigenvalue weighted by molar-refractivity contribution is 5.35. The third-order valence-corrected chi connectivity index (χ3v) is 4.27. The van der Waals surface area contributed by atoms with Crippen molar-refractivity contribution in [2.24, 2.45) is 17.6 Å². The molecule has 1 aliphatic rings. The lowest BCUT2D eigenvalue weighted by Gasteiger charge is -2.32. The van der Waals surface area contributed by atoms with Crippen LogP contribution >= 0.6 is 0 Å². The van der Waals surface area contributed by atoms with Crippen LogP contribution in [0.15, 0.2) is 24.3 Å². The van der Waals surface area contributed by atoms with Crippen LogP contribution in [0.4, 0.5) is 0 Å². The molecule has 118 valence electrons. The second-order valence-electron chi connectivity index (χ2n) is 6.45. The molecule has 0 saturated heterocycles. The van der Waals surface area contributed by atoms with Gasteiger partial charge in [-0.25, -0.2) is 0 Å². The second-order valence-corrected chi connectivity index (χ2v) is 6.45. The summed E-state index contributed by atoms with van der Waals surface area (Å²) in [5.41, 5.74) is 7.35. The van der Waals surface area contributed by atoms with E-state index in [1.807, 2.05) is 31.2 Å². The molecule has 21 heavy (non-hydrogen) atoms. The molecule has 1 saturated carbocycles. The number of nitrogens with two attached hydrogens (primary N) is 1. The Morgan fingerprint density at radius 2 is 1.81 bits per heavy atom. The van der Waals surface area contributed by atoms with Crippen molar-refractivity contribution >= 4 is 0 Å². The summed E-state index contributed by atoms with van der Waals surface area (Å²) in [4.78, 5) is 0. The van der Waals surface area contributed by atoms with Crippen molar-refractivity contribution in [3.8, 4) is 5.75 Å². The molecule has 1 fully saturated rings. The lowest BCUT2D eigenvalue weighted by atomic mass is 9.82. The number of ether oxygens (including phenoxy) is 2. The minimum absolute atomic E-state index is 0.125. The third kappa shape index (κ3) is 4.72. The quantitative estimate of drug-likeness (QED) is 0.863. The van der Waals surface area contributed by atoms with E-state index in [-0.39, 0.29) is 6.04 Å². The van der Waals surface area contributed by atoms with Gasteiger partial charge in [-0.1, -0.05) is 32.0 Å². The first-order chi connectivity index (χ1) is 10.1. The minimum atomic E-state index is -0.125. The van der Waals surface area contributed by atoms with Crippen LogP contribution in [0.5, 0.6) is 5.75 Å². The van der Waals surface area contributed by atoms with Crippen LogP contribution in [0, 0.1) is 11.8 Å². The van der Waals surface area contributed by atoms with Crippen LogP contribution in [0.3, 0.4) is 0 Å². The van der Waals surface area contributed by atoms with E-state index in [2.05, 4.69) is 13.8 Å². The summed E-state index contributed by atoms with van der Waals surface area (Å²) in [7, 11) is 0. The first-order valence-electron chi connectivity index (χ1n) is 8.19. The average molecular weight is 291 g/mol. The van der Waals surface area contributed by atoms with Crippen LogP contribution in [0.1, 0.15) is 51.6 Å². The van der Waals surface area contributed by atoms with Crippen molar-refractivity contribution in [1.82, 2.24) is 0 Å². The maximum absolute atomic E-state index is 6.31. The zero-order valence-electron chi connectivity index (χ0n) is 13.5. The van der Waals surface area contributed by atoms with Gasteiger partial charge in [0.05, 0.1) is 25.4 Å². The van der Waals surface area contributed by atoms with Gasteiger partial charge in [0.2, 0.25) is 0 Å². The van der Waals surface area contributed by atoms with Crippen LogP contribution < -0.4 is 10.5 Å². The van der Waals surface area contributed by atoms with E-state index >= 15 is 0 Å². The minimum Gasteiger partial charge on any atom is -0.494 e. The molecule has 3 unspecified atom stereocenters. The summed E-state index contributed by atoms with van der Waals surface area (Å²) in [6, 6.07) is 7.86. The number of hydrogen-bond acceptors (Lipinski definition) is 3. The largest absolute Gasteiger partial charge is 0.494 e. The van der Waals surface area contributed by atoms with Gasteiger partial charge in [-0.3, -0.25) is 0 Å². The molecule has 3 atom stereocenters. The van der Waals surface area contributed by atoms with Crippen molar-refractivity contribution < 1.29 is 9.47 Å². The van der Waals surface area contributed by atoms with Crippen LogP contribution in [-0.2, 0) is 4.74 Å². The Labute approximate surface area is 128 Å². The smallest absolute Gasteiger partial charge is 0.124 e. The fourth-order valence-corrected chi connectivity index (χ4v) is 3.41. The van der Waals surface area contributed by atoms with Gasteiger partial charge in [-0.15, -0.1) is 0 Å². The van der Waals surface area contributed by atoms with Crippen LogP contribution in [0.25, 0.3) is 0 Å². The van der Waals surface area contributed by atoms with E-state index in [0.29, 0.717) is 19.3 Å². The highest BCUT2D eigenvalue weighted by Gasteiger charge is 2.25. The Hall–Kier alpha value is -1.06. The summed E-state index contributed by atoms with van der Waals surface area (Å²) in [6.45, 7) is 7.84. The van der Waals surface area contributed by atoms with Crippen LogP contribution in [0.2, 0.25) is 0 Å². The maximum atomic E-state index is 6.31. The highest BCUT2D eigenvalue weighted by atomic mass is 16.5. The number of para-hydroxylation sites is 1. The second kappa shape index (κ2) is 7.81. The Morgan fingerprint density at radius 1 is 1.14 bits per heavy atom. The van der Waals surface area contributed by atoms with Crippen molar-refractivity contribution in [2.45, 2.75) is 52.2 Å². The molecule has 0 amide bonds. The fraction of sp³-hybridized carbons (Fsp3) is 0.667. The van der Waals surface area contributed by atoms with Gasteiger partial charge in [0.25, 0.3) is 0 Å². The molecule has 0 bridgehead atoms. The van der Waals surface area contributed by atoms with E-state index in [0.717, 1.165) is 36.0 Å². The third-order valence-electron chi connectivity index (χ3n) is 4.27. The molecular formula is C18H29NO2. The molecule has 2 N–H and O–H groups in total. The van der Waals surface area contributed by atoms with Gasteiger partial charge < -0.3 is 15.2 Å². The van der Waals surface area contributed by atoms with Gasteiger partial charge in [-0.2, -0.15) is 0 Å². The van der Waals surface area contributed by atoms with Gasteiger partial charge in [-0.05, 0) is 44.1 Å². The summed E-state index contributed by atoms with van der Waals surface area (Å²) >= 11 is 0. The normalized spacial score (nSPS) is 27.3. The molecule has 3 nitrogen and oxygen atoms in total. The Morgan fingerprint density at radius 3 is 2.48 bits per heavy atom. The molecule has 0 aromatic heterocycles. The number of hydrogen-bond donors (Lipinski definition) is 1. The zero-order valence-corrected chi connectivity index (χ0v) is 13.5. The highest BCUT2D eigenvalue weighted by Crippen LogP contribution is 2.31. The molecule has 1 aromatic carbocycles. The molecule has 1 aliphatic carbocycles. The predicted octanol–water partition coefficient (Wildman–Crippen LogP) is 3.93. The molecule has 1 aromatic rings. The lowest BCUT2D eigenvalue weighted by molar-refractivity contribution is -0.00550. The van der Waals surface area contributed by atoms with Crippen molar-refractivity contribution in [2.75, 3.05) is 13.2 Å². The van der Waals surface area contributed by atoms with Gasteiger partial charge in [0.15, 0.2) is 0 Å². The lowest BCUT2D eigenvalue weighted by Crippen LogP contribution is -2.29. The topological polar surface area (TPSA) is 44.5 Å². The Kier molecular flexibility index (Phi) is 6.07. The average Bonchev–Trinajstić information content (AvgIpc) is 2.45. The standard InChI is InChI=1S/C18H29NO2/c1-4-20-18-8-6-5-7-16(18)17(19)12-21-15-10-13(2)9-14(3)11-15/h5-8,13-15,17H,4,9-12,19H2,1-3H3. The van der Waals surface area contributed by atoms with Gasteiger partial charge >= 0.3 is 0 Å². The number of benzene rings is 1. The zero-order chi connectivity index (χ0) is 15.2. The molecule has 2 rings (SSSR count). The first-order valence-corrected chi connectivity index (χ1v) is 8.19. The Bertz CT molecular complexity index is 425. The van der Waals surface area contributed by atoms with Crippen molar-refractivity contribution in [3.05, 3.63) is 29.8 Å². The summed E-state index contributed by atoms with van der Waals surface area (Å²) in [5, 5.41) is 0. The van der Waals surface area contributed by atoms with E-state index < -0.39 is 0 Å². The molecule has 0 aliphatic heterocycles. The van der Waals surface area contributed by atoms with E-state index in [9.17, 15) is 0 Å². The summed E-state index contributed by atoms with van der Waals surface area (Å²) in [6.07, 6.45) is 3.99. The Balaban J connectivity index is 1.91. The van der Waals surface area contributed by atoms with E-state index in [4.69, 9.17) is 15.2 Å². The predicted molar refractivity (Wildman–Crippen MR) is 86.5 cm³/mol. The van der Waals surface area contributed by atoms with Gasteiger partial charge in [0, 0.05) is 5.56 Å². The first kappa shape index (κ1) is 16.3. The van der Waals surface area contributed by atoms with E-state index in [1.54, 1.807) is 0 Å². The molecule has 0 heterocycles. The van der Waals surface area contributed by atoms with Crippen molar-refractivity contribution in [3.63, 3.8) is 0 Å². The van der Waals surface area contributed by atoms with Crippen LogP contribution in [-0.4, -0.2) is 19.3 Å². The monoisotopic (exact) mass is 291 g/mol. The van der Waals surface area contributed by atoms with Gasteiger partial charge in [0.1, 0.15) is 5.75 Å². The maximum Gasteiger partial charge on any atom is 0.124 e. The summed E-state index contributed by atoms with van der Waals surface area (Å²) < 4.78 is 11.7. The molecule has 0 radical (unpaired) electrons. The summed E-state index contributed by atoms with van der Waals surface area (Å²) in [5.74, 6) is 2.39. The molecular weight excluding hydrogens is 262 g/mol.